The van der Waals surface area contributed by atoms with Crippen molar-refractivity contribution in [3.05, 3.63) is 20.8 Å². The Hall–Kier alpha value is -1.34. The zero-order valence-electron chi connectivity index (χ0n) is 21.4. The number of aryl methyl sites for hydroxylation is 2. The minimum absolute atomic E-state index is 0.0649. The van der Waals surface area contributed by atoms with Crippen LogP contribution in [0.4, 0.5) is 0 Å². The van der Waals surface area contributed by atoms with Crippen molar-refractivity contribution in [2.24, 2.45) is 23.2 Å². The van der Waals surface area contributed by atoms with Crippen LogP contribution in [0, 0.1) is 23.2 Å². The average Bonchev–Trinajstić information content (AvgIpc) is 3.20. The zero-order valence-corrected chi connectivity index (χ0v) is 23.0. The van der Waals surface area contributed by atoms with Gasteiger partial charge in [-0.15, -0.1) is 11.3 Å². The third-order valence-electron chi connectivity index (χ3n) is 9.73. The lowest BCUT2D eigenvalue weighted by Gasteiger charge is -2.59. The number of hydrogen-bond donors (Lipinski definition) is 1. The Bertz CT molecular complexity index is 1160. The monoisotopic (exact) mass is 513 g/mol. The maximum Gasteiger partial charge on any atom is 0.263 e. The molecule has 1 N–H and O–H groups in total. The van der Waals surface area contributed by atoms with Crippen LogP contribution in [0.15, 0.2) is 9.95 Å². The van der Waals surface area contributed by atoms with Gasteiger partial charge in [0.2, 0.25) is 5.91 Å². The largest absolute Gasteiger partial charge is 0.352 e. The van der Waals surface area contributed by atoms with Gasteiger partial charge in [-0.2, -0.15) is 0 Å². The van der Waals surface area contributed by atoms with Gasteiger partial charge in [0.05, 0.1) is 11.1 Å². The Morgan fingerprint density at radius 2 is 1.80 bits per heavy atom. The van der Waals surface area contributed by atoms with Crippen LogP contribution >= 0.6 is 23.1 Å². The highest BCUT2D eigenvalue weighted by molar-refractivity contribution is 7.99. The molecule has 4 saturated carbocycles. The summed E-state index contributed by atoms with van der Waals surface area (Å²) in [4.78, 5) is 34.0. The molecule has 0 unspecified atom stereocenters. The molecule has 35 heavy (non-hydrogen) atoms. The number of carbonyl (C=O) groups is 1. The van der Waals surface area contributed by atoms with Crippen molar-refractivity contribution in [1.29, 1.82) is 0 Å². The first-order chi connectivity index (χ1) is 16.9. The van der Waals surface area contributed by atoms with Gasteiger partial charge in [-0.1, -0.05) is 18.7 Å². The van der Waals surface area contributed by atoms with Crippen LogP contribution in [0.3, 0.4) is 0 Å². The van der Waals surface area contributed by atoms with Gasteiger partial charge < -0.3 is 5.32 Å². The molecule has 0 saturated heterocycles. The lowest BCUT2D eigenvalue weighted by Crippen LogP contribution is -2.56. The van der Waals surface area contributed by atoms with Crippen LogP contribution in [-0.2, 0) is 17.6 Å². The van der Waals surface area contributed by atoms with Gasteiger partial charge in [-0.05, 0) is 113 Å². The molecule has 0 spiro atoms. The van der Waals surface area contributed by atoms with E-state index in [1.807, 2.05) is 4.57 Å². The van der Waals surface area contributed by atoms with Gasteiger partial charge in [0, 0.05) is 17.0 Å². The molecule has 4 bridgehead atoms. The Balaban J connectivity index is 1.21. The topological polar surface area (TPSA) is 64.0 Å². The lowest BCUT2D eigenvalue weighted by molar-refractivity contribution is -0.123. The van der Waals surface area contributed by atoms with E-state index < -0.39 is 0 Å². The molecule has 7 rings (SSSR count). The molecule has 2 aromatic rings. The van der Waals surface area contributed by atoms with Crippen molar-refractivity contribution < 1.29 is 4.79 Å². The number of rotatable bonds is 7. The van der Waals surface area contributed by atoms with Gasteiger partial charge in [0.1, 0.15) is 4.83 Å². The van der Waals surface area contributed by atoms with Gasteiger partial charge in [0.15, 0.2) is 5.16 Å². The lowest BCUT2D eigenvalue weighted by atomic mass is 9.48. The fourth-order valence-corrected chi connectivity index (χ4v) is 10.4. The highest BCUT2D eigenvalue weighted by Gasteiger charge is 2.53. The van der Waals surface area contributed by atoms with E-state index in [2.05, 4.69) is 26.1 Å². The van der Waals surface area contributed by atoms with Crippen LogP contribution in [0.2, 0.25) is 0 Å². The number of thioether (sulfide) groups is 1. The third kappa shape index (κ3) is 4.18. The SMILES string of the molecule is CC[C@H](C)n1c(SCC(=O)N[C@H](C)C23CC4CC(CC(C4)C2)C3)nc2sc3c(c2c1=O)CCCC3. The summed E-state index contributed by atoms with van der Waals surface area (Å²) in [7, 11) is 0. The van der Waals surface area contributed by atoms with Gasteiger partial charge in [0.25, 0.3) is 5.56 Å². The summed E-state index contributed by atoms with van der Waals surface area (Å²) >= 11 is 3.13. The van der Waals surface area contributed by atoms with Gasteiger partial charge in [-0.25, -0.2) is 4.98 Å². The first-order valence-electron chi connectivity index (χ1n) is 13.9. The number of fused-ring (bicyclic) bond motifs is 3. The second-order valence-corrected chi connectivity index (χ2v) is 14.1. The summed E-state index contributed by atoms with van der Waals surface area (Å²) in [5, 5.41) is 4.93. The van der Waals surface area contributed by atoms with Crippen molar-refractivity contribution >= 4 is 39.2 Å². The molecular weight excluding hydrogens is 474 g/mol. The molecule has 2 heterocycles. The summed E-state index contributed by atoms with van der Waals surface area (Å²) in [5.41, 5.74) is 1.64. The highest BCUT2D eigenvalue weighted by Crippen LogP contribution is 2.61. The Kier molecular flexibility index (Phi) is 6.31. The van der Waals surface area contributed by atoms with Crippen LogP contribution < -0.4 is 10.9 Å². The first-order valence-corrected chi connectivity index (χ1v) is 15.7. The van der Waals surface area contributed by atoms with Crippen molar-refractivity contribution in [3.63, 3.8) is 0 Å². The molecule has 5 aliphatic rings. The Labute approximate surface area is 216 Å². The van der Waals surface area contributed by atoms with E-state index >= 15 is 0 Å². The van der Waals surface area contributed by atoms with Crippen LogP contribution in [0.1, 0.15) is 95.0 Å². The van der Waals surface area contributed by atoms with E-state index in [9.17, 15) is 9.59 Å². The fraction of sp³-hybridized carbons (Fsp3) is 0.750. The minimum Gasteiger partial charge on any atom is -0.352 e. The van der Waals surface area contributed by atoms with E-state index in [0.29, 0.717) is 16.3 Å². The van der Waals surface area contributed by atoms with Crippen molar-refractivity contribution in [1.82, 2.24) is 14.9 Å². The normalized spacial score (nSPS) is 30.9. The second kappa shape index (κ2) is 9.20. The molecule has 4 fully saturated rings. The maximum absolute atomic E-state index is 13.7. The molecular formula is C28H39N3O2S2. The number of amides is 1. The molecule has 1 amide bonds. The third-order valence-corrected chi connectivity index (χ3v) is 11.9. The number of nitrogens with one attached hydrogen (secondary N) is 1. The standard InChI is InChI=1S/C28H39N3O2S2/c1-4-16(2)31-26(33)24-21-7-5-6-8-22(21)35-25(24)30-27(31)34-15-23(32)29-17(3)28-12-18-9-19(13-28)11-20(10-18)14-28/h16-20H,4-15H2,1-3H3,(H,29,32)/t16-,17+,18?,19?,20?,28?/m0/s1. The summed E-state index contributed by atoms with van der Waals surface area (Å²) in [5.74, 6) is 3.04. The second-order valence-electron chi connectivity index (χ2n) is 12.1. The van der Waals surface area contributed by atoms with Gasteiger partial charge in [-0.3, -0.25) is 14.2 Å². The number of hydrogen-bond acceptors (Lipinski definition) is 5. The predicted octanol–water partition coefficient (Wildman–Crippen LogP) is 6.12. The fourth-order valence-electron chi connectivity index (χ4n) is 8.15. The van der Waals surface area contributed by atoms with Crippen LogP contribution in [0.5, 0.6) is 0 Å². The Morgan fingerprint density at radius 1 is 1.14 bits per heavy atom. The van der Waals surface area contributed by atoms with Crippen LogP contribution in [-0.4, -0.2) is 27.3 Å². The summed E-state index contributed by atoms with van der Waals surface area (Å²) in [6, 6.07) is 0.287. The van der Waals surface area contributed by atoms with Crippen molar-refractivity contribution in [3.8, 4) is 0 Å². The Morgan fingerprint density at radius 3 is 2.46 bits per heavy atom. The van der Waals surface area contributed by atoms with E-state index in [1.54, 1.807) is 11.3 Å². The number of thiophene rings is 1. The number of carbonyl (C=O) groups excluding carboxylic acids is 1. The van der Waals surface area contributed by atoms with Crippen molar-refractivity contribution in [2.75, 3.05) is 5.75 Å². The molecule has 7 heteroatoms. The summed E-state index contributed by atoms with van der Waals surface area (Å²) in [6.07, 6.45) is 13.4. The van der Waals surface area contributed by atoms with Gasteiger partial charge >= 0.3 is 0 Å². The molecule has 0 aliphatic heterocycles. The number of nitrogens with zero attached hydrogens (tertiary/aromatic N) is 2. The zero-order chi connectivity index (χ0) is 24.3. The van der Waals surface area contributed by atoms with E-state index in [1.165, 1.54) is 67.1 Å². The molecule has 5 nitrogen and oxygen atoms in total. The molecule has 0 aromatic carbocycles. The maximum atomic E-state index is 13.7. The summed E-state index contributed by atoms with van der Waals surface area (Å²) in [6.45, 7) is 6.44. The van der Waals surface area contributed by atoms with E-state index in [-0.39, 0.29) is 23.6 Å². The molecule has 2 aromatic heterocycles. The highest BCUT2D eigenvalue weighted by atomic mass is 32.2. The number of aromatic nitrogens is 2. The average molecular weight is 514 g/mol. The minimum atomic E-state index is 0.0649. The molecule has 0 radical (unpaired) electrons. The van der Waals surface area contributed by atoms with Crippen LogP contribution in [0.25, 0.3) is 10.2 Å². The summed E-state index contributed by atoms with van der Waals surface area (Å²) < 4.78 is 1.87. The quantitative estimate of drug-likeness (QED) is 0.358. The molecule has 190 valence electrons. The smallest absolute Gasteiger partial charge is 0.263 e. The predicted molar refractivity (Wildman–Crippen MR) is 144 cm³/mol. The molecule has 2 atom stereocenters. The van der Waals surface area contributed by atoms with Crippen molar-refractivity contribution in [2.45, 2.75) is 109 Å². The first kappa shape index (κ1) is 24.0. The van der Waals surface area contributed by atoms with E-state index in [0.717, 1.165) is 53.7 Å². The van der Waals surface area contributed by atoms with E-state index in [4.69, 9.17) is 4.98 Å². The molecule has 5 aliphatic carbocycles.